The van der Waals surface area contributed by atoms with E-state index in [1.54, 1.807) is 57.0 Å². The average Bonchev–Trinajstić information content (AvgIpc) is 3.50. The molecular weight excluding hydrogens is 708 g/mol. The van der Waals surface area contributed by atoms with Crippen molar-refractivity contribution in [3.05, 3.63) is 90.2 Å². The Morgan fingerprint density at radius 3 is 2.23 bits per heavy atom. The van der Waals surface area contributed by atoms with Crippen LogP contribution in [0.5, 0.6) is 0 Å². The molecule has 2 amide bonds. The number of methoxy groups -OCH3 is 1. The van der Waals surface area contributed by atoms with Crippen molar-refractivity contribution in [2.24, 2.45) is 16.6 Å². The molecule has 0 saturated carbocycles. The number of oxime groups is 1. The SMILES string of the molecule is C=C(N)c1cc2c(cc1F)SCCC(=O)N2Cc1ccc(/C(C)=N/OC(=C)C(F)(F)F)cc1.C=C(OC)C1(CO)CCCO1.CC(C)(C)OC(N)=O. The number of nitrogens with two attached hydrogens (primary N) is 2. The van der Waals surface area contributed by atoms with Gasteiger partial charge in [0.25, 0.3) is 0 Å². The van der Waals surface area contributed by atoms with E-state index in [0.29, 0.717) is 34.3 Å². The number of alkyl halides is 3. The van der Waals surface area contributed by atoms with Gasteiger partial charge < -0.3 is 40.5 Å². The van der Waals surface area contributed by atoms with E-state index in [0.717, 1.165) is 18.4 Å². The molecule has 16 heteroatoms. The number of thioether (sulfide) groups is 1. The van der Waals surface area contributed by atoms with E-state index in [1.807, 2.05) is 0 Å². The van der Waals surface area contributed by atoms with E-state index in [2.05, 4.69) is 34.5 Å². The van der Waals surface area contributed by atoms with Gasteiger partial charge in [0, 0.05) is 34.9 Å². The highest BCUT2D eigenvalue weighted by atomic mass is 32.2. The first kappa shape index (κ1) is 43.6. The molecule has 1 atom stereocenters. The van der Waals surface area contributed by atoms with Crippen molar-refractivity contribution in [3.8, 4) is 0 Å². The molecule has 11 nitrogen and oxygen atoms in total. The number of fused-ring (bicyclic) bond motifs is 1. The van der Waals surface area contributed by atoms with Crippen LogP contribution in [0.2, 0.25) is 0 Å². The molecular formula is C36H46F4N4O7S. The monoisotopic (exact) mass is 754 g/mol. The molecule has 0 spiro atoms. The number of hydrogen-bond donors (Lipinski definition) is 3. The fraction of sp³-hybridized carbons (Fsp3) is 0.417. The number of nitrogens with zero attached hydrogens (tertiary/aromatic N) is 2. The molecule has 0 bridgehead atoms. The minimum atomic E-state index is -4.69. The summed E-state index contributed by atoms with van der Waals surface area (Å²) in [4.78, 5) is 29.3. The number of anilines is 1. The lowest BCUT2D eigenvalue weighted by Crippen LogP contribution is -2.35. The lowest BCUT2D eigenvalue weighted by atomic mass is 10.00. The number of halogens is 4. The van der Waals surface area contributed by atoms with Gasteiger partial charge in [-0.05, 0) is 70.4 Å². The third kappa shape index (κ3) is 12.9. The second kappa shape index (κ2) is 18.8. The van der Waals surface area contributed by atoms with Crippen molar-refractivity contribution in [1.29, 1.82) is 0 Å². The number of rotatable bonds is 9. The number of hydrogen-bond acceptors (Lipinski definition) is 10. The number of benzene rings is 2. The lowest BCUT2D eigenvalue weighted by molar-refractivity contribution is -0.130. The van der Waals surface area contributed by atoms with Crippen molar-refractivity contribution < 1.29 is 51.3 Å². The summed E-state index contributed by atoms with van der Waals surface area (Å²) < 4.78 is 66.7. The van der Waals surface area contributed by atoms with Crippen LogP contribution in [0, 0.1) is 5.82 Å². The van der Waals surface area contributed by atoms with Gasteiger partial charge in [0.05, 0.1) is 31.7 Å². The van der Waals surface area contributed by atoms with Gasteiger partial charge in [0.1, 0.15) is 22.8 Å². The molecule has 2 aliphatic rings. The Balaban J connectivity index is 0.000000401. The zero-order valence-corrected chi connectivity index (χ0v) is 30.7. The molecule has 1 saturated heterocycles. The highest BCUT2D eigenvalue weighted by Gasteiger charge is 2.38. The molecule has 1 unspecified atom stereocenters. The molecule has 2 aromatic rings. The molecule has 0 aliphatic carbocycles. The van der Waals surface area contributed by atoms with E-state index in [-0.39, 0.29) is 42.5 Å². The number of primary amides is 1. The van der Waals surface area contributed by atoms with Crippen LogP contribution < -0.4 is 16.4 Å². The second-order valence-corrected chi connectivity index (χ2v) is 13.7. The number of allylic oxidation sites excluding steroid dienone is 1. The molecule has 4 rings (SSSR count). The maximum Gasteiger partial charge on any atom is 0.451 e. The van der Waals surface area contributed by atoms with E-state index < -0.39 is 35.0 Å². The number of carbonyl (C=O) groups excluding carboxylic acids is 2. The van der Waals surface area contributed by atoms with Crippen LogP contribution in [-0.2, 0) is 30.4 Å². The average molecular weight is 755 g/mol. The molecule has 2 aromatic carbocycles. The molecule has 52 heavy (non-hydrogen) atoms. The lowest BCUT2D eigenvalue weighted by Gasteiger charge is -2.26. The summed E-state index contributed by atoms with van der Waals surface area (Å²) in [5.41, 5.74) is 11.6. The molecule has 2 heterocycles. The molecule has 286 valence electrons. The van der Waals surface area contributed by atoms with Crippen molar-refractivity contribution in [2.75, 3.05) is 31.0 Å². The highest BCUT2D eigenvalue weighted by molar-refractivity contribution is 7.99. The van der Waals surface area contributed by atoms with Gasteiger partial charge in [-0.2, -0.15) is 13.2 Å². The van der Waals surface area contributed by atoms with Crippen LogP contribution in [0.25, 0.3) is 5.70 Å². The smallest absolute Gasteiger partial charge is 0.451 e. The van der Waals surface area contributed by atoms with Crippen LogP contribution in [0.4, 0.5) is 28.0 Å². The second-order valence-electron chi connectivity index (χ2n) is 12.6. The first-order valence-electron chi connectivity index (χ1n) is 15.9. The third-order valence-electron chi connectivity index (χ3n) is 7.40. The Morgan fingerprint density at radius 2 is 1.77 bits per heavy atom. The minimum absolute atomic E-state index is 0.0420. The topological polar surface area (TPSA) is 159 Å². The Labute approximate surface area is 305 Å². The summed E-state index contributed by atoms with van der Waals surface area (Å²) in [7, 11) is 1.54. The van der Waals surface area contributed by atoms with Crippen LogP contribution >= 0.6 is 11.8 Å². The van der Waals surface area contributed by atoms with E-state index >= 15 is 0 Å². The summed E-state index contributed by atoms with van der Waals surface area (Å²) >= 11 is 1.39. The quantitative estimate of drug-likeness (QED) is 0.104. The Hall–Kier alpha value is -4.54. The van der Waals surface area contributed by atoms with Crippen molar-refractivity contribution in [1.82, 2.24) is 0 Å². The summed E-state index contributed by atoms with van der Waals surface area (Å²) in [5.74, 6) is -0.995. The summed E-state index contributed by atoms with van der Waals surface area (Å²) in [6.45, 7) is 17.7. The van der Waals surface area contributed by atoms with Crippen molar-refractivity contribution in [2.45, 2.75) is 75.8 Å². The van der Waals surface area contributed by atoms with Crippen LogP contribution in [0.3, 0.4) is 0 Å². The predicted octanol–water partition coefficient (Wildman–Crippen LogP) is 7.17. The first-order valence-corrected chi connectivity index (χ1v) is 16.9. The van der Waals surface area contributed by atoms with Gasteiger partial charge in [-0.3, -0.25) is 4.79 Å². The Morgan fingerprint density at radius 1 is 1.13 bits per heavy atom. The largest absolute Gasteiger partial charge is 0.499 e. The Kier molecular flexibility index (Phi) is 15.8. The highest BCUT2D eigenvalue weighted by Crippen LogP contribution is 2.38. The van der Waals surface area contributed by atoms with E-state index in [1.165, 1.54) is 30.8 Å². The maximum atomic E-state index is 14.4. The van der Waals surface area contributed by atoms with E-state index in [4.69, 9.17) is 26.0 Å². The van der Waals surface area contributed by atoms with Gasteiger partial charge in [-0.1, -0.05) is 42.6 Å². The number of aliphatic hydroxyl groups is 1. The Bertz CT molecular complexity index is 1630. The third-order valence-corrected chi connectivity index (χ3v) is 8.45. The number of amides is 2. The van der Waals surface area contributed by atoms with Crippen LogP contribution in [0.15, 0.2) is 77.7 Å². The maximum absolute atomic E-state index is 14.4. The van der Waals surface area contributed by atoms with Gasteiger partial charge in [0.15, 0.2) is 0 Å². The fourth-order valence-electron chi connectivity index (χ4n) is 4.69. The first-order chi connectivity index (χ1) is 24.1. The normalized spacial score (nSPS) is 17.3. The van der Waals surface area contributed by atoms with Crippen molar-refractivity contribution >= 4 is 40.9 Å². The zero-order valence-electron chi connectivity index (χ0n) is 29.9. The number of aliphatic hydroxyl groups excluding tert-OH is 1. The summed E-state index contributed by atoms with van der Waals surface area (Å²) in [6.07, 6.45) is -3.37. The molecule has 1 fully saturated rings. The van der Waals surface area contributed by atoms with Crippen molar-refractivity contribution in [3.63, 3.8) is 0 Å². The van der Waals surface area contributed by atoms with Gasteiger partial charge >= 0.3 is 12.3 Å². The van der Waals surface area contributed by atoms with Crippen LogP contribution in [0.1, 0.15) is 63.6 Å². The number of ether oxygens (including phenoxy) is 3. The standard InChI is InChI=1S/C23H21F4N3O2S.C8H14O3.C5H11NO2/c1-13(28)18-10-20-21(11-19(18)24)33-9-8-22(31)30(20)12-16-4-6-17(7-5-16)14(2)29-32-15(3)23(25,26)27;1-7(10-2)8(6-9)4-3-5-11-8;1-5(2,3)8-4(6)7/h4-7,10-11H,1,3,8-9,12,28H2,2H3;9H,1,3-6H2,2H3;1-3H3,(H2,6,7)/b29-14+;;. The molecule has 0 aromatic heterocycles. The van der Waals surface area contributed by atoms with Gasteiger partial charge in [-0.25, -0.2) is 9.18 Å². The predicted molar refractivity (Wildman–Crippen MR) is 193 cm³/mol. The molecule has 5 N–H and O–H groups in total. The zero-order chi connectivity index (χ0) is 39.4. The minimum Gasteiger partial charge on any atom is -0.499 e. The van der Waals surface area contributed by atoms with Gasteiger partial charge in [-0.15, -0.1) is 11.8 Å². The summed E-state index contributed by atoms with van der Waals surface area (Å²) in [5, 5.41) is 12.5. The molecule has 2 aliphatic heterocycles. The summed E-state index contributed by atoms with van der Waals surface area (Å²) in [6, 6.07) is 9.65. The van der Waals surface area contributed by atoms with E-state index in [9.17, 15) is 27.2 Å². The fourth-order valence-corrected chi connectivity index (χ4v) is 5.69. The van der Waals surface area contributed by atoms with Gasteiger partial charge in [0.2, 0.25) is 11.7 Å². The number of carbonyl (C=O) groups is 2. The molecule has 0 radical (unpaired) electrons. The van der Waals surface area contributed by atoms with Crippen LogP contribution in [-0.4, -0.2) is 66.3 Å².